The van der Waals surface area contributed by atoms with Gasteiger partial charge in [-0.25, -0.2) is 0 Å². The third-order valence-electron chi connectivity index (χ3n) is 5.56. The Kier molecular flexibility index (Phi) is 8.38. The Morgan fingerprint density at radius 3 is 2.56 bits per heavy atom. The number of hydrogen-bond donors (Lipinski definition) is 1. The molecule has 1 fully saturated rings. The maximum absolute atomic E-state index is 12.2. The van der Waals surface area contributed by atoms with Crippen molar-refractivity contribution in [2.45, 2.75) is 12.8 Å². The fraction of sp³-hybridized carbons (Fsp3) is 0.364. The normalized spacial score (nSPS) is 14.2. The zero-order valence-electron chi connectivity index (χ0n) is 17.6. The molecule has 10 heteroatoms. The molecule has 1 aliphatic heterocycles. The Morgan fingerprint density at radius 1 is 1.06 bits per heavy atom. The zero-order chi connectivity index (χ0) is 21.6. The monoisotopic (exact) mass is 475 g/mol. The van der Waals surface area contributed by atoms with Gasteiger partial charge in [-0.2, -0.15) is 4.37 Å². The van der Waals surface area contributed by atoms with Crippen LogP contribution >= 0.6 is 23.9 Å². The zero-order valence-corrected chi connectivity index (χ0v) is 19.2. The average Bonchev–Trinajstić information content (AvgIpc) is 3.23. The quantitative estimate of drug-likeness (QED) is 0.301. The number of anilines is 1. The van der Waals surface area contributed by atoms with Gasteiger partial charge in [0.2, 0.25) is 0 Å². The van der Waals surface area contributed by atoms with Gasteiger partial charge < -0.3 is 10.2 Å². The molecule has 0 unspecified atom stereocenters. The summed E-state index contributed by atoms with van der Waals surface area (Å²) in [7, 11) is 0. The molecule has 0 spiro atoms. The molecule has 1 aromatic heterocycles. The molecule has 0 saturated carbocycles. The lowest BCUT2D eigenvalue weighted by atomic mass is 10.1. The fourth-order valence-corrected chi connectivity index (χ4v) is 4.66. The molecule has 0 atom stereocenters. The van der Waals surface area contributed by atoms with Crippen molar-refractivity contribution < 1.29 is 9.72 Å². The second-order valence-electron chi connectivity index (χ2n) is 7.57. The Bertz CT molecular complexity index is 1070. The average molecular weight is 476 g/mol. The van der Waals surface area contributed by atoms with E-state index in [1.165, 1.54) is 22.2 Å². The van der Waals surface area contributed by atoms with E-state index in [2.05, 4.69) is 37.7 Å². The molecule has 170 valence electrons. The smallest absolute Gasteiger partial charge is 0.282 e. The van der Waals surface area contributed by atoms with Crippen molar-refractivity contribution in [3.63, 3.8) is 0 Å². The molecular formula is C22H26ClN5O3S. The summed E-state index contributed by atoms with van der Waals surface area (Å²) in [6.07, 6.45) is 1.81. The second-order valence-corrected chi connectivity index (χ2v) is 8.37. The van der Waals surface area contributed by atoms with Gasteiger partial charge in [0, 0.05) is 44.2 Å². The summed E-state index contributed by atoms with van der Waals surface area (Å²) < 4.78 is 5.88. The maximum Gasteiger partial charge on any atom is 0.282 e. The number of benzene rings is 2. The molecule has 3 aromatic rings. The number of fused-ring (bicyclic) bond motifs is 1. The van der Waals surface area contributed by atoms with Crippen LogP contribution < -0.4 is 10.2 Å². The van der Waals surface area contributed by atoms with Crippen LogP contribution in [0, 0.1) is 10.1 Å². The molecule has 8 nitrogen and oxygen atoms in total. The van der Waals surface area contributed by atoms with Gasteiger partial charge in [0.1, 0.15) is 11.4 Å². The first-order valence-corrected chi connectivity index (χ1v) is 11.2. The number of nitro groups is 1. The first-order valence-electron chi connectivity index (χ1n) is 10.5. The van der Waals surface area contributed by atoms with E-state index in [0.717, 1.165) is 51.4 Å². The predicted molar refractivity (Wildman–Crippen MR) is 130 cm³/mol. The largest absolute Gasteiger partial charge is 0.353 e. The van der Waals surface area contributed by atoms with Crippen LogP contribution in [-0.2, 0) is 0 Å². The molecule has 0 aliphatic carbocycles. The van der Waals surface area contributed by atoms with E-state index < -0.39 is 10.8 Å². The van der Waals surface area contributed by atoms with Crippen LogP contribution in [0.25, 0.3) is 10.1 Å². The first-order chi connectivity index (χ1) is 15.1. The number of piperazine rings is 1. The summed E-state index contributed by atoms with van der Waals surface area (Å²) in [5, 5.41) is 15.1. The van der Waals surface area contributed by atoms with E-state index in [1.807, 2.05) is 6.07 Å². The van der Waals surface area contributed by atoms with Gasteiger partial charge >= 0.3 is 0 Å². The number of aromatic nitrogens is 1. The van der Waals surface area contributed by atoms with Crippen LogP contribution in [0.15, 0.2) is 48.5 Å². The molecule has 1 amide bonds. The van der Waals surface area contributed by atoms with Crippen molar-refractivity contribution in [2.24, 2.45) is 0 Å². The van der Waals surface area contributed by atoms with Gasteiger partial charge in [-0.15, -0.1) is 12.4 Å². The highest BCUT2D eigenvalue weighted by molar-refractivity contribution is 7.13. The molecule has 1 N–H and O–H groups in total. The number of para-hydroxylation sites is 1. The SMILES string of the molecule is Cl.O=C(NCCCCN1CCN(c2nsc3ccccc23)CC1)c1ccccc1[N+](=O)[O-]. The number of carbonyl (C=O) groups excluding carboxylic acids is 1. The number of amides is 1. The van der Waals surface area contributed by atoms with Gasteiger partial charge in [-0.3, -0.25) is 19.8 Å². The highest BCUT2D eigenvalue weighted by Gasteiger charge is 2.21. The number of nitro benzene ring substituents is 1. The number of unbranched alkanes of at least 4 members (excludes halogenated alkanes) is 1. The van der Waals surface area contributed by atoms with Crippen LogP contribution in [0.2, 0.25) is 0 Å². The van der Waals surface area contributed by atoms with E-state index >= 15 is 0 Å². The lowest BCUT2D eigenvalue weighted by Gasteiger charge is -2.35. The van der Waals surface area contributed by atoms with E-state index in [1.54, 1.807) is 23.7 Å². The Labute approximate surface area is 196 Å². The Morgan fingerprint density at radius 2 is 1.78 bits per heavy atom. The van der Waals surface area contributed by atoms with Gasteiger partial charge in [0.05, 0.1) is 9.62 Å². The Balaban J connectivity index is 0.00000289. The first kappa shape index (κ1) is 23.9. The van der Waals surface area contributed by atoms with Crippen molar-refractivity contribution in [1.82, 2.24) is 14.6 Å². The highest BCUT2D eigenvalue weighted by atomic mass is 35.5. The third-order valence-corrected chi connectivity index (χ3v) is 6.38. The van der Waals surface area contributed by atoms with Crippen LogP contribution in [0.3, 0.4) is 0 Å². The van der Waals surface area contributed by atoms with Crippen LogP contribution in [0.4, 0.5) is 11.5 Å². The van der Waals surface area contributed by atoms with Crippen LogP contribution in [0.1, 0.15) is 23.2 Å². The summed E-state index contributed by atoms with van der Waals surface area (Å²) in [5.74, 6) is 0.703. The van der Waals surface area contributed by atoms with Gasteiger partial charge in [0.25, 0.3) is 11.6 Å². The van der Waals surface area contributed by atoms with Crippen molar-refractivity contribution in [3.05, 3.63) is 64.2 Å². The minimum atomic E-state index is -0.525. The number of carbonyl (C=O) groups is 1. The van der Waals surface area contributed by atoms with E-state index in [0.29, 0.717) is 6.54 Å². The molecule has 1 aliphatic rings. The van der Waals surface area contributed by atoms with E-state index in [4.69, 9.17) is 0 Å². The van der Waals surface area contributed by atoms with Crippen molar-refractivity contribution in [3.8, 4) is 0 Å². The van der Waals surface area contributed by atoms with Gasteiger partial charge in [-0.05, 0) is 49.1 Å². The number of hydrogen-bond acceptors (Lipinski definition) is 7. The summed E-state index contributed by atoms with van der Waals surface area (Å²) in [4.78, 5) is 27.6. The Hall–Kier alpha value is -2.75. The number of nitrogens with zero attached hydrogens (tertiary/aromatic N) is 4. The minimum absolute atomic E-state index is 0. The third kappa shape index (κ3) is 5.53. The number of rotatable bonds is 8. The molecule has 0 radical (unpaired) electrons. The molecule has 1 saturated heterocycles. The molecule has 4 rings (SSSR count). The second kappa shape index (κ2) is 11.2. The maximum atomic E-state index is 12.2. The number of halogens is 1. The number of nitrogens with one attached hydrogen (secondary N) is 1. The summed E-state index contributed by atoms with van der Waals surface area (Å²) in [6.45, 7) is 5.40. The van der Waals surface area contributed by atoms with Gasteiger partial charge in [-0.1, -0.05) is 24.3 Å². The van der Waals surface area contributed by atoms with E-state index in [-0.39, 0.29) is 23.7 Å². The van der Waals surface area contributed by atoms with Crippen molar-refractivity contribution >= 4 is 51.4 Å². The van der Waals surface area contributed by atoms with Crippen LogP contribution in [-0.4, -0.2) is 59.4 Å². The molecule has 2 aromatic carbocycles. The molecule has 32 heavy (non-hydrogen) atoms. The fourth-order valence-electron chi connectivity index (χ4n) is 3.87. The lowest BCUT2D eigenvalue weighted by molar-refractivity contribution is -0.385. The highest BCUT2D eigenvalue weighted by Crippen LogP contribution is 2.29. The van der Waals surface area contributed by atoms with Crippen molar-refractivity contribution in [2.75, 3.05) is 44.2 Å². The van der Waals surface area contributed by atoms with Gasteiger partial charge in [0.15, 0.2) is 0 Å². The summed E-state index contributed by atoms with van der Waals surface area (Å²) >= 11 is 1.55. The standard InChI is InChI=1S/C22H25N5O3S.ClH/c28-22(17-7-1-3-9-19(17)27(29)30)23-11-5-6-12-25-13-15-26(16-14-25)21-18-8-2-4-10-20(18)31-24-21;/h1-4,7-10H,5-6,11-16H2,(H,23,28);1H. The summed E-state index contributed by atoms with van der Waals surface area (Å²) in [6, 6.07) is 14.4. The topological polar surface area (TPSA) is 91.6 Å². The summed E-state index contributed by atoms with van der Waals surface area (Å²) in [5.41, 5.74) is -0.0519. The molecule has 0 bridgehead atoms. The molecular weight excluding hydrogens is 450 g/mol. The molecule has 2 heterocycles. The van der Waals surface area contributed by atoms with Crippen LogP contribution in [0.5, 0.6) is 0 Å². The van der Waals surface area contributed by atoms with E-state index in [9.17, 15) is 14.9 Å². The lowest BCUT2D eigenvalue weighted by Crippen LogP contribution is -2.46. The van der Waals surface area contributed by atoms with Crippen molar-refractivity contribution in [1.29, 1.82) is 0 Å². The predicted octanol–water partition coefficient (Wildman–Crippen LogP) is 3.96. The minimum Gasteiger partial charge on any atom is -0.353 e.